The minimum atomic E-state index is 0.489. The van der Waals surface area contributed by atoms with Gasteiger partial charge in [0.2, 0.25) is 5.95 Å². The molecule has 0 atom stereocenters. The molecule has 0 spiro atoms. The second kappa shape index (κ2) is 4.83. The molecule has 5 nitrogen and oxygen atoms in total. The average molecular weight is 290 g/mol. The van der Waals surface area contributed by atoms with Gasteiger partial charge in [0.1, 0.15) is 5.52 Å². The highest BCUT2D eigenvalue weighted by Gasteiger charge is 2.17. The van der Waals surface area contributed by atoms with Gasteiger partial charge in [-0.3, -0.25) is 4.57 Å². The Morgan fingerprint density at radius 3 is 2.75 bits per heavy atom. The molecule has 104 valence electrons. The van der Waals surface area contributed by atoms with Crippen LogP contribution in [0.15, 0.2) is 24.3 Å². The highest BCUT2D eigenvalue weighted by molar-refractivity contribution is 6.31. The third kappa shape index (κ3) is 1.94. The number of rotatable bonds is 3. The second-order valence-corrected chi connectivity index (χ2v) is 5.13. The van der Waals surface area contributed by atoms with E-state index in [2.05, 4.69) is 17.0 Å². The first-order valence-electron chi connectivity index (χ1n) is 6.54. The van der Waals surface area contributed by atoms with Crippen LogP contribution >= 0.6 is 11.6 Å². The van der Waals surface area contributed by atoms with Gasteiger partial charge in [-0.2, -0.15) is 5.10 Å². The van der Waals surface area contributed by atoms with E-state index in [1.54, 1.807) is 0 Å². The molecule has 0 amide bonds. The van der Waals surface area contributed by atoms with Gasteiger partial charge < -0.3 is 5.73 Å². The zero-order chi connectivity index (χ0) is 14.3. The standard InChI is InChI=1S/C14H16ClN5/c1-3-20-13-12(9(2)18-20)17-14(16)19(13)8-10-6-4-5-7-11(10)15/h4-7H,3,8H2,1-2H3,(H2,16,17). The zero-order valence-electron chi connectivity index (χ0n) is 11.5. The highest BCUT2D eigenvalue weighted by Crippen LogP contribution is 2.24. The summed E-state index contributed by atoms with van der Waals surface area (Å²) in [6, 6.07) is 7.75. The molecule has 0 fully saturated rings. The van der Waals surface area contributed by atoms with Crippen molar-refractivity contribution in [3.63, 3.8) is 0 Å². The molecule has 20 heavy (non-hydrogen) atoms. The van der Waals surface area contributed by atoms with E-state index in [4.69, 9.17) is 17.3 Å². The summed E-state index contributed by atoms with van der Waals surface area (Å²) >= 11 is 6.23. The maximum Gasteiger partial charge on any atom is 0.202 e. The number of hydrogen-bond donors (Lipinski definition) is 1. The largest absolute Gasteiger partial charge is 0.369 e. The predicted octanol–water partition coefficient (Wildman–Crippen LogP) is 2.85. The lowest BCUT2D eigenvalue weighted by molar-refractivity contribution is 0.648. The molecule has 1 aromatic carbocycles. The molecule has 0 saturated carbocycles. The monoisotopic (exact) mass is 289 g/mol. The molecule has 0 aliphatic carbocycles. The lowest BCUT2D eigenvalue weighted by atomic mass is 10.2. The summed E-state index contributed by atoms with van der Waals surface area (Å²) in [6.45, 7) is 5.36. The van der Waals surface area contributed by atoms with Crippen molar-refractivity contribution in [1.82, 2.24) is 19.3 Å². The van der Waals surface area contributed by atoms with E-state index in [-0.39, 0.29) is 0 Å². The van der Waals surface area contributed by atoms with E-state index in [0.29, 0.717) is 12.5 Å². The molecule has 0 radical (unpaired) electrons. The van der Waals surface area contributed by atoms with Crippen molar-refractivity contribution in [1.29, 1.82) is 0 Å². The summed E-state index contributed by atoms with van der Waals surface area (Å²) in [6.07, 6.45) is 0. The van der Waals surface area contributed by atoms with E-state index < -0.39 is 0 Å². The minimum Gasteiger partial charge on any atom is -0.369 e. The van der Waals surface area contributed by atoms with Crippen LogP contribution in [0.1, 0.15) is 18.2 Å². The third-order valence-corrected chi connectivity index (χ3v) is 3.78. The van der Waals surface area contributed by atoms with E-state index in [9.17, 15) is 0 Å². The summed E-state index contributed by atoms with van der Waals surface area (Å²) in [5, 5.41) is 5.21. The Kier molecular flexibility index (Phi) is 3.14. The molecule has 2 aromatic heterocycles. The van der Waals surface area contributed by atoms with E-state index in [1.807, 2.05) is 40.4 Å². The Morgan fingerprint density at radius 2 is 2.05 bits per heavy atom. The van der Waals surface area contributed by atoms with Crippen LogP contribution in [0, 0.1) is 6.92 Å². The first kappa shape index (κ1) is 13.0. The van der Waals surface area contributed by atoms with Crippen LogP contribution in [0.4, 0.5) is 5.95 Å². The van der Waals surface area contributed by atoms with Gasteiger partial charge in [0.25, 0.3) is 0 Å². The molecule has 0 bridgehead atoms. The van der Waals surface area contributed by atoms with Crippen LogP contribution in [0.3, 0.4) is 0 Å². The molecule has 0 saturated heterocycles. The van der Waals surface area contributed by atoms with Crippen LogP contribution in [0.25, 0.3) is 11.2 Å². The summed E-state index contributed by atoms with van der Waals surface area (Å²) < 4.78 is 3.88. The number of halogens is 1. The Morgan fingerprint density at radius 1 is 1.30 bits per heavy atom. The molecule has 0 unspecified atom stereocenters. The molecule has 3 aromatic rings. The first-order valence-corrected chi connectivity index (χ1v) is 6.92. The van der Waals surface area contributed by atoms with Crippen LogP contribution < -0.4 is 5.73 Å². The number of aromatic nitrogens is 4. The molecule has 0 aliphatic heterocycles. The number of benzene rings is 1. The third-order valence-electron chi connectivity index (χ3n) is 3.41. The number of imidazole rings is 1. The Labute approximate surface area is 122 Å². The summed E-state index contributed by atoms with van der Waals surface area (Å²) in [7, 11) is 0. The number of nitrogen functional groups attached to an aromatic ring is 1. The fourth-order valence-electron chi connectivity index (χ4n) is 2.41. The van der Waals surface area contributed by atoms with E-state index in [0.717, 1.165) is 34.0 Å². The van der Waals surface area contributed by atoms with Crippen molar-refractivity contribution >= 4 is 28.7 Å². The number of fused-ring (bicyclic) bond motifs is 1. The maximum atomic E-state index is 6.23. The Balaban J connectivity index is 2.16. The molecule has 0 aliphatic rings. The molecule has 6 heteroatoms. The second-order valence-electron chi connectivity index (χ2n) is 4.72. The number of aryl methyl sites for hydroxylation is 2. The van der Waals surface area contributed by atoms with Gasteiger partial charge >= 0.3 is 0 Å². The van der Waals surface area contributed by atoms with Crippen molar-refractivity contribution in [2.75, 3.05) is 5.73 Å². The molecular weight excluding hydrogens is 274 g/mol. The quantitative estimate of drug-likeness (QED) is 0.806. The van der Waals surface area contributed by atoms with Crippen molar-refractivity contribution < 1.29 is 0 Å². The van der Waals surface area contributed by atoms with Crippen molar-refractivity contribution in [3.8, 4) is 0 Å². The van der Waals surface area contributed by atoms with Crippen LogP contribution in [-0.4, -0.2) is 19.3 Å². The number of hydrogen-bond acceptors (Lipinski definition) is 3. The fourth-order valence-corrected chi connectivity index (χ4v) is 2.61. The minimum absolute atomic E-state index is 0.489. The molecule has 3 rings (SSSR count). The van der Waals surface area contributed by atoms with Gasteiger partial charge in [-0.05, 0) is 25.5 Å². The summed E-state index contributed by atoms with van der Waals surface area (Å²) in [4.78, 5) is 4.42. The maximum absolute atomic E-state index is 6.23. The Bertz CT molecular complexity index is 771. The smallest absolute Gasteiger partial charge is 0.202 e. The number of anilines is 1. The molecular formula is C14H16ClN5. The van der Waals surface area contributed by atoms with Gasteiger partial charge in [-0.15, -0.1) is 0 Å². The van der Waals surface area contributed by atoms with Crippen molar-refractivity contribution in [2.45, 2.75) is 26.9 Å². The fraction of sp³-hybridized carbons (Fsp3) is 0.286. The summed E-state index contributed by atoms with van der Waals surface area (Å²) in [5.41, 5.74) is 9.77. The summed E-state index contributed by atoms with van der Waals surface area (Å²) in [5.74, 6) is 0.489. The average Bonchev–Trinajstić information content (AvgIpc) is 2.91. The first-order chi connectivity index (χ1) is 9.61. The number of nitrogens with two attached hydrogens (primary N) is 1. The SMILES string of the molecule is CCn1nc(C)c2nc(N)n(Cc3ccccc3Cl)c21. The van der Waals surface area contributed by atoms with Crippen LogP contribution in [0.5, 0.6) is 0 Å². The lowest BCUT2D eigenvalue weighted by Crippen LogP contribution is -2.09. The predicted molar refractivity (Wildman–Crippen MR) is 80.9 cm³/mol. The lowest BCUT2D eigenvalue weighted by Gasteiger charge is -2.09. The van der Waals surface area contributed by atoms with Crippen molar-refractivity contribution in [3.05, 3.63) is 40.5 Å². The Hall–Kier alpha value is -2.01. The number of nitrogens with zero attached hydrogens (tertiary/aromatic N) is 4. The molecule has 2 N–H and O–H groups in total. The van der Waals surface area contributed by atoms with E-state index in [1.165, 1.54) is 0 Å². The zero-order valence-corrected chi connectivity index (χ0v) is 12.2. The van der Waals surface area contributed by atoms with Crippen LogP contribution in [0.2, 0.25) is 5.02 Å². The van der Waals surface area contributed by atoms with Gasteiger partial charge in [0.05, 0.1) is 12.2 Å². The van der Waals surface area contributed by atoms with Crippen molar-refractivity contribution in [2.24, 2.45) is 0 Å². The van der Waals surface area contributed by atoms with E-state index >= 15 is 0 Å². The van der Waals surface area contributed by atoms with Gasteiger partial charge in [0, 0.05) is 11.6 Å². The van der Waals surface area contributed by atoms with Crippen LogP contribution in [-0.2, 0) is 13.1 Å². The van der Waals surface area contributed by atoms with Gasteiger partial charge in [-0.25, -0.2) is 9.67 Å². The highest BCUT2D eigenvalue weighted by atomic mass is 35.5. The molecule has 2 heterocycles. The van der Waals surface area contributed by atoms with Gasteiger partial charge in [-0.1, -0.05) is 29.8 Å². The van der Waals surface area contributed by atoms with Gasteiger partial charge in [0.15, 0.2) is 5.65 Å². The topological polar surface area (TPSA) is 61.7 Å². The normalized spacial score (nSPS) is 11.3.